The average Bonchev–Trinajstić information content (AvgIpc) is 3.19. The summed E-state index contributed by atoms with van der Waals surface area (Å²) in [6, 6.07) is 12.8. The molecule has 2 aromatic rings. The summed E-state index contributed by atoms with van der Waals surface area (Å²) in [6.07, 6.45) is 0.737. The van der Waals surface area contributed by atoms with Crippen molar-refractivity contribution >= 4 is 29.4 Å². The highest BCUT2D eigenvalue weighted by Crippen LogP contribution is 2.32. The van der Waals surface area contributed by atoms with E-state index in [-0.39, 0.29) is 23.1 Å². The number of fused-ring (bicyclic) bond motifs is 2. The van der Waals surface area contributed by atoms with Crippen LogP contribution >= 0.6 is 0 Å². The van der Waals surface area contributed by atoms with Crippen LogP contribution in [-0.4, -0.2) is 47.3 Å². The van der Waals surface area contributed by atoms with Crippen molar-refractivity contribution in [2.24, 2.45) is 0 Å². The lowest BCUT2D eigenvalue weighted by molar-refractivity contribution is -0.151. The molecule has 0 N–H and O–H groups in total. The van der Waals surface area contributed by atoms with Crippen molar-refractivity contribution in [1.29, 1.82) is 0 Å². The van der Waals surface area contributed by atoms with E-state index in [1.54, 1.807) is 29.2 Å². The molecule has 148 valence electrons. The fraction of sp³-hybridized carbons (Fsp3) is 0.273. The molecule has 3 amide bonds. The average molecular weight is 392 g/mol. The van der Waals surface area contributed by atoms with Crippen LogP contribution in [0, 0.1) is 0 Å². The molecule has 2 aliphatic heterocycles. The molecule has 0 unspecified atom stereocenters. The Hall–Kier alpha value is -3.48. The molecule has 0 radical (unpaired) electrons. The quantitative estimate of drug-likeness (QED) is 0.588. The van der Waals surface area contributed by atoms with Crippen LogP contribution in [0.15, 0.2) is 48.5 Å². The summed E-state index contributed by atoms with van der Waals surface area (Å²) in [5, 5.41) is 0. The van der Waals surface area contributed by atoms with Gasteiger partial charge in [-0.05, 0) is 44.0 Å². The van der Waals surface area contributed by atoms with Gasteiger partial charge in [0.2, 0.25) is 0 Å². The minimum Gasteiger partial charge on any atom is -0.454 e. The zero-order valence-electron chi connectivity index (χ0n) is 16.1. The Bertz CT molecular complexity index is 996. The molecule has 0 spiro atoms. The number of anilines is 1. The molecule has 29 heavy (non-hydrogen) atoms. The van der Waals surface area contributed by atoms with Crippen LogP contribution < -0.4 is 4.90 Å². The molecule has 0 aliphatic carbocycles. The lowest BCUT2D eigenvalue weighted by Crippen LogP contribution is -2.45. The number of imide groups is 1. The van der Waals surface area contributed by atoms with Gasteiger partial charge in [0.25, 0.3) is 17.7 Å². The van der Waals surface area contributed by atoms with E-state index in [4.69, 9.17) is 4.74 Å². The van der Waals surface area contributed by atoms with Gasteiger partial charge in [-0.25, -0.2) is 4.79 Å². The molecule has 0 bridgehead atoms. The van der Waals surface area contributed by atoms with Crippen LogP contribution in [0.4, 0.5) is 5.69 Å². The third-order valence-electron chi connectivity index (χ3n) is 5.37. The maximum Gasteiger partial charge on any atom is 0.329 e. The first-order valence-corrected chi connectivity index (χ1v) is 9.43. The number of carbonyl (C=O) groups excluding carboxylic acids is 4. The predicted molar refractivity (Wildman–Crippen MR) is 104 cm³/mol. The van der Waals surface area contributed by atoms with Crippen molar-refractivity contribution in [2.45, 2.75) is 32.4 Å². The van der Waals surface area contributed by atoms with E-state index in [0.717, 1.165) is 22.6 Å². The fourth-order valence-electron chi connectivity index (χ4n) is 3.93. The SMILES string of the molecule is C[C@@H](C(=O)OCC(=O)N1c2ccccc2C[C@@H]1C)N1C(=O)c2ccccc2C1=O. The summed E-state index contributed by atoms with van der Waals surface area (Å²) in [6.45, 7) is 2.90. The number of nitrogens with zero attached hydrogens (tertiary/aromatic N) is 2. The highest BCUT2D eigenvalue weighted by Gasteiger charge is 2.41. The maximum atomic E-state index is 12.7. The number of hydrogen-bond donors (Lipinski definition) is 0. The lowest BCUT2D eigenvalue weighted by Gasteiger charge is -2.24. The number of ether oxygens (including phenoxy) is 1. The number of benzene rings is 2. The minimum atomic E-state index is -1.13. The molecule has 0 saturated heterocycles. The Morgan fingerprint density at radius 3 is 2.28 bits per heavy atom. The number of rotatable bonds is 4. The highest BCUT2D eigenvalue weighted by atomic mass is 16.5. The molecule has 2 aromatic carbocycles. The molecular formula is C22H20N2O5. The van der Waals surface area contributed by atoms with E-state index >= 15 is 0 Å². The molecule has 4 rings (SSSR count). The maximum absolute atomic E-state index is 12.7. The Balaban J connectivity index is 1.42. The molecule has 0 fully saturated rings. The smallest absolute Gasteiger partial charge is 0.329 e. The predicted octanol–water partition coefficient (Wildman–Crippen LogP) is 2.19. The summed E-state index contributed by atoms with van der Waals surface area (Å²) in [5.41, 5.74) is 2.40. The summed E-state index contributed by atoms with van der Waals surface area (Å²) in [5.74, 6) is -2.22. The number of esters is 1. The Morgan fingerprint density at radius 1 is 1.03 bits per heavy atom. The molecular weight excluding hydrogens is 372 g/mol. The molecule has 7 nitrogen and oxygen atoms in total. The van der Waals surface area contributed by atoms with Crippen molar-refractivity contribution < 1.29 is 23.9 Å². The Kier molecular flexibility index (Phi) is 4.66. The van der Waals surface area contributed by atoms with E-state index in [1.807, 2.05) is 31.2 Å². The molecule has 2 aliphatic rings. The summed E-state index contributed by atoms with van der Waals surface area (Å²) in [7, 11) is 0. The zero-order chi connectivity index (χ0) is 20.7. The Labute approximate surface area is 167 Å². The second-order valence-corrected chi connectivity index (χ2v) is 7.26. The Morgan fingerprint density at radius 2 is 1.62 bits per heavy atom. The molecule has 0 saturated carbocycles. The van der Waals surface area contributed by atoms with E-state index < -0.39 is 30.4 Å². The number of carbonyl (C=O) groups is 4. The minimum absolute atomic E-state index is 0.0349. The van der Waals surface area contributed by atoms with Crippen LogP contribution in [0.5, 0.6) is 0 Å². The monoisotopic (exact) mass is 392 g/mol. The second kappa shape index (κ2) is 7.16. The topological polar surface area (TPSA) is 84.0 Å². The van der Waals surface area contributed by atoms with Gasteiger partial charge < -0.3 is 9.64 Å². The van der Waals surface area contributed by atoms with Gasteiger partial charge in [-0.2, -0.15) is 0 Å². The van der Waals surface area contributed by atoms with Gasteiger partial charge in [-0.1, -0.05) is 30.3 Å². The summed E-state index contributed by atoms with van der Waals surface area (Å²) >= 11 is 0. The van der Waals surface area contributed by atoms with Crippen molar-refractivity contribution in [1.82, 2.24) is 4.90 Å². The fourth-order valence-corrected chi connectivity index (χ4v) is 3.93. The van der Waals surface area contributed by atoms with Crippen LogP contribution in [0.25, 0.3) is 0 Å². The van der Waals surface area contributed by atoms with E-state index in [0.29, 0.717) is 0 Å². The van der Waals surface area contributed by atoms with Crippen LogP contribution in [-0.2, 0) is 20.7 Å². The number of amides is 3. The van der Waals surface area contributed by atoms with Crippen molar-refractivity contribution in [3.63, 3.8) is 0 Å². The van der Waals surface area contributed by atoms with Gasteiger partial charge in [-0.3, -0.25) is 19.3 Å². The second-order valence-electron chi connectivity index (χ2n) is 7.26. The normalized spacial score (nSPS) is 18.5. The van der Waals surface area contributed by atoms with Crippen LogP contribution in [0.1, 0.15) is 40.1 Å². The first-order valence-electron chi connectivity index (χ1n) is 9.43. The first kappa shape index (κ1) is 18.9. The van der Waals surface area contributed by atoms with Crippen LogP contribution in [0.2, 0.25) is 0 Å². The molecule has 2 heterocycles. The number of para-hydroxylation sites is 1. The van der Waals surface area contributed by atoms with E-state index in [9.17, 15) is 19.2 Å². The first-order chi connectivity index (χ1) is 13.9. The zero-order valence-corrected chi connectivity index (χ0v) is 16.1. The van der Waals surface area contributed by atoms with Gasteiger partial charge in [0.05, 0.1) is 11.1 Å². The van der Waals surface area contributed by atoms with Gasteiger partial charge in [0, 0.05) is 11.7 Å². The largest absolute Gasteiger partial charge is 0.454 e. The lowest BCUT2D eigenvalue weighted by atomic mass is 10.1. The third kappa shape index (κ3) is 3.08. The van der Waals surface area contributed by atoms with Gasteiger partial charge in [-0.15, -0.1) is 0 Å². The van der Waals surface area contributed by atoms with Crippen LogP contribution in [0.3, 0.4) is 0 Å². The molecule has 7 heteroatoms. The van der Waals surface area contributed by atoms with Gasteiger partial charge >= 0.3 is 5.97 Å². The molecule has 2 atom stereocenters. The highest BCUT2D eigenvalue weighted by molar-refractivity contribution is 6.22. The molecule has 0 aromatic heterocycles. The van der Waals surface area contributed by atoms with Gasteiger partial charge in [0.15, 0.2) is 6.61 Å². The van der Waals surface area contributed by atoms with E-state index in [2.05, 4.69) is 0 Å². The van der Waals surface area contributed by atoms with Crippen molar-refractivity contribution in [3.05, 3.63) is 65.2 Å². The number of hydrogen-bond acceptors (Lipinski definition) is 5. The van der Waals surface area contributed by atoms with Crippen molar-refractivity contribution in [3.8, 4) is 0 Å². The van der Waals surface area contributed by atoms with Crippen molar-refractivity contribution in [2.75, 3.05) is 11.5 Å². The van der Waals surface area contributed by atoms with E-state index in [1.165, 1.54) is 6.92 Å². The summed E-state index contributed by atoms with van der Waals surface area (Å²) in [4.78, 5) is 52.7. The summed E-state index contributed by atoms with van der Waals surface area (Å²) < 4.78 is 5.17. The standard InChI is InChI=1S/C22H20N2O5/c1-13-11-15-7-3-6-10-18(15)23(13)19(25)12-29-22(28)14(2)24-20(26)16-8-4-5-9-17(16)21(24)27/h3-10,13-14H,11-12H2,1-2H3/t13-,14-/m0/s1. The van der Waals surface area contributed by atoms with Gasteiger partial charge in [0.1, 0.15) is 6.04 Å². The third-order valence-corrected chi connectivity index (χ3v) is 5.37.